The molecule has 0 atom stereocenters. The minimum atomic E-state index is -0.124. The highest BCUT2D eigenvalue weighted by molar-refractivity contribution is 14.1. The lowest BCUT2D eigenvalue weighted by atomic mass is 10.1. The number of benzene rings is 2. The van der Waals surface area contributed by atoms with E-state index in [1.807, 2.05) is 25.1 Å². The molecule has 1 heterocycles. The van der Waals surface area contributed by atoms with Crippen LogP contribution in [0.2, 0.25) is 5.02 Å². The van der Waals surface area contributed by atoms with E-state index in [1.165, 1.54) is 3.57 Å². The van der Waals surface area contributed by atoms with Gasteiger partial charge in [-0.3, -0.25) is 9.69 Å². The third-order valence-corrected chi connectivity index (χ3v) is 6.41. The third kappa shape index (κ3) is 7.32. The number of aliphatic hydroxyl groups is 1. The Hall–Kier alpha value is -1.39. The maximum atomic E-state index is 12.9. The molecule has 1 amide bonds. The van der Waals surface area contributed by atoms with Crippen LogP contribution in [-0.2, 0) is 0 Å². The summed E-state index contributed by atoms with van der Waals surface area (Å²) in [4.78, 5) is 17.5. The van der Waals surface area contributed by atoms with Crippen LogP contribution < -0.4 is 10.6 Å². The highest BCUT2D eigenvalue weighted by Crippen LogP contribution is 2.27. The van der Waals surface area contributed by atoms with Gasteiger partial charge in [0.2, 0.25) is 0 Å². The number of aliphatic hydroxyl groups excluding tert-OH is 1. The first kappa shape index (κ1) is 24.3. The Bertz CT molecular complexity index is 888. The Morgan fingerprint density at radius 2 is 1.74 bits per heavy atom. The fraction of sp³-hybridized carbons (Fsp3) is 0.435. The quantitative estimate of drug-likeness (QED) is 0.325. The van der Waals surface area contributed by atoms with Crippen molar-refractivity contribution in [2.45, 2.75) is 13.3 Å². The topological polar surface area (TPSA) is 67.8 Å². The van der Waals surface area contributed by atoms with Crippen molar-refractivity contribution in [3.8, 4) is 0 Å². The molecule has 0 saturated carbocycles. The third-order valence-electron chi connectivity index (χ3n) is 5.50. The van der Waals surface area contributed by atoms with E-state index in [-0.39, 0.29) is 12.5 Å². The first-order valence-electron chi connectivity index (χ1n) is 10.6. The minimum absolute atomic E-state index is 0.124. The van der Waals surface area contributed by atoms with Crippen LogP contribution in [0, 0.1) is 10.5 Å². The van der Waals surface area contributed by atoms with E-state index in [9.17, 15) is 4.79 Å². The summed E-state index contributed by atoms with van der Waals surface area (Å²) in [6.45, 7) is 8.57. The summed E-state index contributed by atoms with van der Waals surface area (Å²) in [5.74, 6) is -0.124. The molecule has 0 spiro atoms. The fourth-order valence-electron chi connectivity index (χ4n) is 3.70. The summed E-state index contributed by atoms with van der Waals surface area (Å²) in [6, 6.07) is 11.5. The Morgan fingerprint density at radius 1 is 1.06 bits per heavy atom. The van der Waals surface area contributed by atoms with Gasteiger partial charge < -0.3 is 20.6 Å². The number of rotatable bonds is 9. The van der Waals surface area contributed by atoms with Gasteiger partial charge in [0.25, 0.3) is 5.91 Å². The number of anilines is 2. The predicted octanol–water partition coefficient (Wildman–Crippen LogP) is 3.73. The number of piperazine rings is 1. The molecule has 1 saturated heterocycles. The Morgan fingerprint density at radius 3 is 2.42 bits per heavy atom. The number of halogens is 2. The molecule has 0 aromatic heterocycles. The zero-order valence-corrected chi connectivity index (χ0v) is 20.7. The van der Waals surface area contributed by atoms with Gasteiger partial charge in [0.1, 0.15) is 0 Å². The first-order valence-corrected chi connectivity index (χ1v) is 12.1. The van der Waals surface area contributed by atoms with Gasteiger partial charge in [-0.2, -0.15) is 0 Å². The fourth-order valence-corrected chi connectivity index (χ4v) is 4.52. The summed E-state index contributed by atoms with van der Waals surface area (Å²) in [5, 5.41) is 16.0. The van der Waals surface area contributed by atoms with Gasteiger partial charge in [0, 0.05) is 53.5 Å². The average Bonchev–Trinajstić information content (AvgIpc) is 2.75. The van der Waals surface area contributed by atoms with Crippen LogP contribution in [0.4, 0.5) is 11.4 Å². The summed E-state index contributed by atoms with van der Waals surface area (Å²) in [5.41, 5.74) is 3.37. The molecule has 31 heavy (non-hydrogen) atoms. The highest BCUT2D eigenvalue weighted by atomic mass is 127. The molecule has 2 aromatic rings. The lowest BCUT2D eigenvalue weighted by molar-refractivity contribution is 0.0945. The van der Waals surface area contributed by atoms with Crippen LogP contribution in [0.1, 0.15) is 22.3 Å². The molecule has 2 aromatic carbocycles. The van der Waals surface area contributed by atoms with Gasteiger partial charge in [0.15, 0.2) is 0 Å². The second-order valence-electron chi connectivity index (χ2n) is 7.79. The first-order chi connectivity index (χ1) is 15.0. The number of aryl methyl sites for hydroxylation is 1. The van der Waals surface area contributed by atoms with Gasteiger partial charge in [-0.15, -0.1) is 0 Å². The number of β-amino-alcohol motifs (C(OH)–C–C–N with tert-alkyl or cyclic N) is 1. The normalized spacial score (nSPS) is 15.1. The van der Waals surface area contributed by atoms with Crippen LogP contribution >= 0.6 is 34.2 Å². The highest BCUT2D eigenvalue weighted by Gasteiger charge is 2.16. The van der Waals surface area contributed by atoms with E-state index >= 15 is 0 Å². The minimum Gasteiger partial charge on any atom is -0.395 e. The van der Waals surface area contributed by atoms with E-state index in [4.69, 9.17) is 16.7 Å². The van der Waals surface area contributed by atoms with E-state index in [2.05, 4.69) is 49.1 Å². The van der Waals surface area contributed by atoms with Gasteiger partial charge in [0.05, 0.1) is 17.9 Å². The molecule has 0 bridgehead atoms. The van der Waals surface area contributed by atoms with Crippen molar-refractivity contribution in [3.63, 3.8) is 0 Å². The SMILES string of the molecule is Cc1cc(I)ccc1Nc1ccc(Cl)cc1C(=O)NCCCN1CCN(CCO)CC1. The standard InChI is InChI=1S/C23H30ClIN4O2/c1-17-15-19(25)4-6-21(17)27-22-5-3-18(24)16-20(22)23(31)26-7-2-8-28-9-11-29(12-10-28)13-14-30/h3-6,15-16,27,30H,2,7-14H2,1H3,(H,26,31). The lowest BCUT2D eigenvalue weighted by Gasteiger charge is -2.34. The number of carbonyl (C=O) groups is 1. The molecular weight excluding hydrogens is 527 g/mol. The number of nitrogens with zero attached hydrogens (tertiary/aromatic N) is 2. The molecule has 0 aliphatic carbocycles. The van der Waals surface area contributed by atoms with Crippen LogP contribution in [0.3, 0.4) is 0 Å². The van der Waals surface area contributed by atoms with Crippen LogP contribution in [0.25, 0.3) is 0 Å². The van der Waals surface area contributed by atoms with E-state index < -0.39 is 0 Å². The number of amides is 1. The average molecular weight is 557 g/mol. The van der Waals surface area contributed by atoms with E-state index in [0.29, 0.717) is 17.1 Å². The van der Waals surface area contributed by atoms with Crippen molar-refractivity contribution in [1.29, 1.82) is 0 Å². The summed E-state index contributed by atoms with van der Waals surface area (Å²) < 4.78 is 1.17. The molecule has 3 N–H and O–H groups in total. The van der Waals surface area contributed by atoms with Crippen molar-refractivity contribution in [3.05, 3.63) is 56.1 Å². The molecular formula is C23H30ClIN4O2. The van der Waals surface area contributed by atoms with Crippen molar-refractivity contribution >= 4 is 51.5 Å². The Balaban J connectivity index is 1.52. The summed E-state index contributed by atoms with van der Waals surface area (Å²) in [7, 11) is 0. The van der Waals surface area contributed by atoms with Crippen LogP contribution in [0.5, 0.6) is 0 Å². The monoisotopic (exact) mass is 556 g/mol. The molecule has 1 fully saturated rings. The van der Waals surface area contributed by atoms with Crippen molar-refractivity contribution in [2.24, 2.45) is 0 Å². The van der Waals surface area contributed by atoms with Crippen LogP contribution in [-0.4, -0.2) is 73.2 Å². The number of hydrogen-bond acceptors (Lipinski definition) is 5. The number of carbonyl (C=O) groups excluding carboxylic acids is 1. The van der Waals surface area contributed by atoms with Crippen LogP contribution in [0.15, 0.2) is 36.4 Å². The molecule has 1 aliphatic heterocycles. The molecule has 0 radical (unpaired) electrons. The Kier molecular flexibility index (Phi) is 9.40. The maximum absolute atomic E-state index is 12.9. The van der Waals surface area contributed by atoms with Crippen molar-refractivity contribution < 1.29 is 9.90 Å². The lowest BCUT2D eigenvalue weighted by Crippen LogP contribution is -2.47. The molecule has 3 rings (SSSR count). The molecule has 0 unspecified atom stereocenters. The number of hydrogen-bond donors (Lipinski definition) is 3. The molecule has 168 valence electrons. The van der Waals surface area contributed by atoms with Crippen molar-refractivity contribution in [1.82, 2.24) is 15.1 Å². The smallest absolute Gasteiger partial charge is 0.253 e. The summed E-state index contributed by atoms with van der Waals surface area (Å²) >= 11 is 8.47. The second kappa shape index (κ2) is 12.0. The van der Waals surface area contributed by atoms with Gasteiger partial charge >= 0.3 is 0 Å². The van der Waals surface area contributed by atoms with Gasteiger partial charge in [-0.05, 0) is 84.4 Å². The maximum Gasteiger partial charge on any atom is 0.253 e. The molecule has 1 aliphatic rings. The zero-order chi connectivity index (χ0) is 22.2. The van der Waals surface area contributed by atoms with Gasteiger partial charge in [-0.25, -0.2) is 0 Å². The van der Waals surface area contributed by atoms with Crippen molar-refractivity contribution in [2.75, 3.05) is 57.7 Å². The number of nitrogens with one attached hydrogen (secondary N) is 2. The molecule has 6 nitrogen and oxygen atoms in total. The van der Waals surface area contributed by atoms with E-state index in [0.717, 1.165) is 62.6 Å². The Labute approximate surface area is 203 Å². The largest absolute Gasteiger partial charge is 0.395 e. The molecule has 8 heteroatoms. The van der Waals surface area contributed by atoms with Gasteiger partial charge in [-0.1, -0.05) is 11.6 Å². The summed E-state index contributed by atoms with van der Waals surface area (Å²) in [6.07, 6.45) is 0.894. The zero-order valence-electron chi connectivity index (χ0n) is 17.8. The van der Waals surface area contributed by atoms with E-state index in [1.54, 1.807) is 12.1 Å². The second-order valence-corrected chi connectivity index (χ2v) is 9.47. The predicted molar refractivity (Wildman–Crippen MR) is 136 cm³/mol.